The second-order valence-electron chi connectivity index (χ2n) is 7.28. The van der Waals surface area contributed by atoms with E-state index in [2.05, 4.69) is 43.0 Å². The minimum atomic E-state index is -0.411. The minimum Gasteiger partial charge on any atom is -0.450 e. The first-order valence-corrected chi connectivity index (χ1v) is 9.91. The largest absolute Gasteiger partial charge is 0.450 e. The second-order valence-corrected chi connectivity index (χ2v) is 7.28. The van der Waals surface area contributed by atoms with Gasteiger partial charge in [0.05, 0.1) is 12.9 Å². The van der Waals surface area contributed by atoms with Gasteiger partial charge in [-0.3, -0.25) is 0 Å². The van der Waals surface area contributed by atoms with Crippen LogP contribution in [0.4, 0.5) is 10.6 Å². The molecule has 0 aliphatic heterocycles. The third kappa shape index (κ3) is 4.19. The van der Waals surface area contributed by atoms with Crippen molar-refractivity contribution < 1.29 is 9.53 Å². The van der Waals surface area contributed by atoms with Crippen LogP contribution in [0.3, 0.4) is 0 Å². The Morgan fingerprint density at radius 1 is 1.23 bits per heavy atom. The number of rotatable bonds is 7. The van der Waals surface area contributed by atoms with Crippen molar-refractivity contribution >= 4 is 34.0 Å². The monoisotopic (exact) mass is 407 g/mol. The number of nitrogens with two attached hydrogens (primary N) is 1. The number of unbranched alkanes of at least 4 members (excludes halogenated alkanes) is 1. The van der Waals surface area contributed by atoms with Gasteiger partial charge in [0, 0.05) is 31.9 Å². The van der Waals surface area contributed by atoms with Crippen LogP contribution in [0.2, 0.25) is 0 Å². The Morgan fingerprint density at radius 2 is 2.10 bits per heavy atom. The van der Waals surface area contributed by atoms with Crippen molar-refractivity contribution in [1.82, 2.24) is 29.4 Å². The van der Waals surface area contributed by atoms with Gasteiger partial charge in [0.1, 0.15) is 11.3 Å². The third-order valence-corrected chi connectivity index (χ3v) is 5.02. The summed E-state index contributed by atoms with van der Waals surface area (Å²) in [7, 11) is 2.00. The Labute approximate surface area is 173 Å². The highest BCUT2D eigenvalue weighted by molar-refractivity contribution is 5.82. The Balaban J connectivity index is 1.20. The average molecular weight is 407 g/mol. The number of benzene rings is 1. The predicted octanol–water partition coefficient (Wildman–Crippen LogP) is 2.92. The zero-order valence-electron chi connectivity index (χ0n) is 17.1. The number of imidazole rings is 1. The van der Waals surface area contributed by atoms with Crippen LogP contribution in [0, 0.1) is 6.92 Å². The molecule has 3 N–H and O–H groups in total. The SMILES string of the molecule is Cc1nc(N)c2ncn(CCCCOC(=O)NCc3ccc4ccn(C)c4c3)c2n1. The van der Waals surface area contributed by atoms with E-state index in [9.17, 15) is 4.79 Å². The quantitative estimate of drug-likeness (QED) is 0.456. The molecule has 0 aliphatic rings. The number of carbonyl (C=O) groups is 1. The Hall–Kier alpha value is -3.62. The molecule has 4 aromatic rings. The van der Waals surface area contributed by atoms with Crippen LogP contribution in [0.15, 0.2) is 36.8 Å². The third-order valence-electron chi connectivity index (χ3n) is 5.02. The lowest BCUT2D eigenvalue weighted by Gasteiger charge is -2.08. The predicted molar refractivity (Wildman–Crippen MR) is 115 cm³/mol. The number of carbonyl (C=O) groups excluding carboxylic acids is 1. The van der Waals surface area contributed by atoms with Gasteiger partial charge in [-0.2, -0.15) is 0 Å². The molecule has 30 heavy (non-hydrogen) atoms. The number of ether oxygens (including phenoxy) is 1. The average Bonchev–Trinajstić information content (AvgIpc) is 3.30. The molecule has 1 aromatic carbocycles. The number of alkyl carbamates (subject to hydrolysis) is 1. The van der Waals surface area contributed by atoms with E-state index in [0.29, 0.717) is 36.9 Å². The van der Waals surface area contributed by atoms with Gasteiger partial charge in [0.15, 0.2) is 11.5 Å². The number of aromatic nitrogens is 5. The molecule has 3 heterocycles. The van der Waals surface area contributed by atoms with E-state index < -0.39 is 6.09 Å². The molecule has 9 nitrogen and oxygen atoms in total. The summed E-state index contributed by atoms with van der Waals surface area (Å²) in [6.07, 6.45) is 4.89. The molecular formula is C21H25N7O2. The second kappa shape index (κ2) is 8.40. The summed E-state index contributed by atoms with van der Waals surface area (Å²) in [6.45, 7) is 3.30. The number of fused-ring (bicyclic) bond motifs is 2. The first-order chi connectivity index (χ1) is 14.5. The van der Waals surface area contributed by atoms with Crippen molar-refractivity contribution in [3.05, 3.63) is 48.2 Å². The van der Waals surface area contributed by atoms with Crippen LogP contribution in [0.1, 0.15) is 24.2 Å². The van der Waals surface area contributed by atoms with Gasteiger partial charge in [-0.25, -0.2) is 19.7 Å². The molecule has 156 valence electrons. The number of hydrogen-bond donors (Lipinski definition) is 2. The van der Waals surface area contributed by atoms with Crippen molar-refractivity contribution in [1.29, 1.82) is 0 Å². The van der Waals surface area contributed by atoms with Crippen LogP contribution >= 0.6 is 0 Å². The lowest BCUT2D eigenvalue weighted by molar-refractivity contribution is 0.143. The molecule has 0 bridgehead atoms. The summed E-state index contributed by atoms with van der Waals surface area (Å²) in [5, 5.41) is 3.98. The molecule has 3 aromatic heterocycles. The van der Waals surface area contributed by atoms with E-state index in [1.54, 1.807) is 13.3 Å². The lowest BCUT2D eigenvalue weighted by atomic mass is 10.1. The molecule has 0 spiro atoms. The fourth-order valence-electron chi connectivity index (χ4n) is 3.44. The number of anilines is 1. The summed E-state index contributed by atoms with van der Waals surface area (Å²) in [6, 6.07) is 8.20. The number of aryl methyl sites for hydroxylation is 3. The standard InChI is InChI=1S/C21H25N7O2/c1-14-25-19(22)18-20(26-14)28(13-24-18)8-3-4-10-30-21(29)23-12-15-5-6-16-7-9-27(2)17(16)11-15/h5-7,9,11,13H,3-4,8,10,12H2,1-2H3,(H,23,29)(H2,22,25,26). The van der Waals surface area contributed by atoms with Crippen molar-refractivity contribution in [2.75, 3.05) is 12.3 Å². The van der Waals surface area contributed by atoms with Gasteiger partial charge in [0.2, 0.25) is 0 Å². The number of nitrogen functional groups attached to an aromatic ring is 1. The molecule has 0 fully saturated rings. The highest BCUT2D eigenvalue weighted by atomic mass is 16.5. The Bertz CT molecular complexity index is 1190. The van der Waals surface area contributed by atoms with Crippen molar-refractivity contribution in [2.24, 2.45) is 7.05 Å². The molecule has 0 radical (unpaired) electrons. The molecule has 0 atom stereocenters. The Morgan fingerprint density at radius 3 is 2.97 bits per heavy atom. The van der Waals surface area contributed by atoms with E-state index >= 15 is 0 Å². The normalized spacial score (nSPS) is 11.3. The van der Waals surface area contributed by atoms with Gasteiger partial charge >= 0.3 is 6.09 Å². The summed E-state index contributed by atoms with van der Waals surface area (Å²) in [5.74, 6) is 1.01. The van der Waals surface area contributed by atoms with Crippen molar-refractivity contribution in [3.63, 3.8) is 0 Å². The van der Waals surface area contributed by atoms with Gasteiger partial charge in [0.25, 0.3) is 0 Å². The number of nitrogens with one attached hydrogen (secondary N) is 1. The molecule has 0 saturated carbocycles. The summed E-state index contributed by atoms with van der Waals surface area (Å²) in [4.78, 5) is 24.8. The van der Waals surface area contributed by atoms with Gasteiger partial charge < -0.3 is 24.9 Å². The van der Waals surface area contributed by atoms with Gasteiger partial charge in [-0.15, -0.1) is 0 Å². The van der Waals surface area contributed by atoms with Crippen LogP contribution in [-0.2, 0) is 24.9 Å². The summed E-state index contributed by atoms with van der Waals surface area (Å²) < 4.78 is 9.28. The van der Waals surface area contributed by atoms with Crippen LogP contribution in [-0.4, -0.2) is 36.8 Å². The topological polar surface area (TPSA) is 113 Å². The summed E-state index contributed by atoms with van der Waals surface area (Å²) >= 11 is 0. The zero-order chi connectivity index (χ0) is 21.1. The van der Waals surface area contributed by atoms with Crippen molar-refractivity contribution in [3.8, 4) is 0 Å². The highest BCUT2D eigenvalue weighted by Crippen LogP contribution is 2.17. The Kier molecular flexibility index (Phi) is 5.51. The fourth-order valence-corrected chi connectivity index (χ4v) is 3.44. The van der Waals surface area contributed by atoms with E-state index in [1.165, 1.54) is 5.39 Å². The maximum absolute atomic E-state index is 12.0. The van der Waals surface area contributed by atoms with Crippen molar-refractivity contribution in [2.45, 2.75) is 32.9 Å². The number of hydrogen-bond acceptors (Lipinski definition) is 6. The minimum absolute atomic E-state index is 0.353. The van der Waals surface area contributed by atoms with Gasteiger partial charge in [-0.05, 0) is 42.8 Å². The number of nitrogens with zero attached hydrogens (tertiary/aromatic N) is 5. The molecule has 1 amide bonds. The maximum Gasteiger partial charge on any atom is 0.407 e. The highest BCUT2D eigenvalue weighted by Gasteiger charge is 2.09. The van der Waals surface area contributed by atoms with E-state index in [0.717, 1.165) is 29.6 Å². The molecule has 0 saturated heterocycles. The molecule has 0 aliphatic carbocycles. The van der Waals surface area contributed by atoms with Crippen LogP contribution in [0.25, 0.3) is 22.1 Å². The molecular weight excluding hydrogens is 382 g/mol. The maximum atomic E-state index is 12.0. The zero-order valence-corrected chi connectivity index (χ0v) is 17.1. The first kappa shape index (κ1) is 19.7. The van der Waals surface area contributed by atoms with E-state index in [-0.39, 0.29) is 0 Å². The van der Waals surface area contributed by atoms with Gasteiger partial charge in [-0.1, -0.05) is 12.1 Å². The smallest absolute Gasteiger partial charge is 0.407 e. The summed E-state index contributed by atoms with van der Waals surface area (Å²) in [5.41, 5.74) is 9.40. The fraction of sp³-hybridized carbons (Fsp3) is 0.333. The molecule has 4 rings (SSSR count). The van der Waals surface area contributed by atoms with E-state index in [1.807, 2.05) is 23.9 Å². The van der Waals surface area contributed by atoms with Crippen LogP contribution in [0.5, 0.6) is 0 Å². The molecule has 0 unspecified atom stereocenters. The first-order valence-electron chi connectivity index (χ1n) is 9.91. The lowest BCUT2D eigenvalue weighted by Crippen LogP contribution is -2.24. The van der Waals surface area contributed by atoms with E-state index in [4.69, 9.17) is 10.5 Å². The van der Waals surface area contributed by atoms with Crippen LogP contribution < -0.4 is 11.1 Å². The number of amides is 1. The molecule has 9 heteroatoms.